The molecular formula is C18H21N3O2. The highest BCUT2D eigenvalue weighted by Crippen LogP contribution is 2.22. The van der Waals surface area contributed by atoms with Gasteiger partial charge in [-0.3, -0.25) is 9.78 Å². The zero-order chi connectivity index (χ0) is 16.2. The topological polar surface area (TPSA) is 63.2 Å². The van der Waals surface area contributed by atoms with E-state index >= 15 is 0 Å². The first kappa shape index (κ1) is 15.3. The monoisotopic (exact) mass is 311 g/mol. The van der Waals surface area contributed by atoms with Crippen LogP contribution in [0.25, 0.3) is 0 Å². The molecule has 1 fully saturated rings. The summed E-state index contributed by atoms with van der Waals surface area (Å²) in [5.74, 6) is 0.724. The Morgan fingerprint density at radius 3 is 2.57 bits per heavy atom. The molecule has 0 radical (unpaired) electrons. The molecule has 0 atom stereocenters. The van der Waals surface area contributed by atoms with Crippen LogP contribution in [0.4, 0.5) is 11.4 Å². The van der Waals surface area contributed by atoms with Crippen LogP contribution in [-0.2, 0) is 0 Å². The van der Waals surface area contributed by atoms with E-state index in [9.17, 15) is 4.79 Å². The summed E-state index contributed by atoms with van der Waals surface area (Å²) < 4.78 is 5.62. The molecule has 5 nitrogen and oxygen atoms in total. The Hall–Kier alpha value is -2.56. The Morgan fingerprint density at radius 2 is 1.91 bits per heavy atom. The van der Waals surface area contributed by atoms with E-state index in [0.29, 0.717) is 11.7 Å². The van der Waals surface area contributed by atoms with E-state index in [2.05, 4.69) is 15.6 Å². The van der Waals surface area contributed by atoms with Gasteiger partial charge >= 0.3 is 0 Å². The summed E-state index contributed by atoms with van der Waals surface area (Å²) in [4.78, 5) is 16.2. The lowest BCUT2D eigenvalue weighted by Crippen LogP contribution is -2.26. The fraction of sp³-hybridized carbons (Fsp3) is 0.333. The zero-order valence-electron chi connectivity index (χ0n) is 13.4. The maximum absolute atomic E-state index is 12.0. The maximum Gasteiger partial charge on any atom is 0.270 e. The average Bonchev–Trinajstić information content (AvgIpc) is 3.33. The Morgan fingerprint density at radius 1 is 1.17 bits per heavy atom. The molecule has 1 aliphatic carbocycles. The lowest BCUT2D eigenvalue weighted by Gasteiger charge is -2.11. The van der Waals surface area contributed by atoms with E-state index in [-0.39, 0.29) is 12.0 Å². The van der Waals surface area contributed by atoms with Crippen molar-refractivity contribution >= 4 is 17.3 Å². The summed E-state index contributed by atoms with van der Waals surface area (Å²) in [7, 11) is 0. The van der Waals surface area contributed by atoms with Crippen LogP contribution in [0.5, 0.6) is 5.75 Å². The Balaban J connectivity index is 1.66. The van der Waals surface area contributed by atoms with Gasteiger partial charge in [0, 0.05) is 23.6 Å². The summed E-state index contributed by atoms with van der Waals surface area (Å²) >= 11 is 0. The Bertz CT molecular complexity index is 679. The minimum atomic E-state index is -0.114. The number of pyridine rings is 1. The van der Waals surface area contributed by atoms with E-state index in [1.165, 1.54) is 0 Å². The van der Waals surface area contributed by atoms with Crippen molar-refractivity contribution in [2.45, 2.75) is 38.8 Å². The third-order valence-electron chi connectivity index (χ3n) is 3.42. The van der Waals surface area contributed by atoms with E-state index in [0.717, 1.165) is 30.0 Å². The first-order valence-electron chi connectivity index (χ1n) is 7.91. The fourth-order valence-corrected chi connectivity index (χ4v) is 2.18. The molecule has 1 saturated carbocycles. The van der Waals surface area contributed by atoms with Crippen molar-refractivity contribution in [1.29, 1.82) is 0 Å². The SMILES string of the molecule is CC(C)Oc1ccc(Nc2ccnc(C(=O)NC3CC3)c2)cc1. The molecule has 2 aromatic rings. The van der Waals surface area contributed by atoms with Gasteiger partial charge in [0.05, 0.1) is 6.10 Å². The van der Waals surface area contributed by atoms with Crippen LogP contribution in [0.2, 0.25) is 0 Å². The summed E-state index contributed by atoms with van der Waals surface area (Å²) in [6, 6.07) is 11.7. The minimum Gasteiger partial charge on any atom is -0.491 e. The molecule has 1 heterocycles. The lowest BCUT2D eigenvalue weighted by molar-refractivity contribution is 0.0946. The van der Waals surface area contributed by atoms with Crippen molar-refractivity contribution in [3.63, 3.8) is 0 Å². The number of nitrogens with one attached hydrogen (secondary N) is 2. The first-order valence-corrected chi connectivity index (χ1v) is 7.91. The number of nitrogens with zero attached hydrogens (tertiary/aromatic N) is 1. The average molecular weight is 311 g/mol. The summed E-state index contributed by atoms with van der Waals surface area (Å²) in [6.45, 7) is 3.99. The number of ether oxygens (including phenoxy) is 1. The van der Waals surface area contributed by atoms with Gasteiger partial charge in [-0.25, -0.2) is 0 Å². The van der Waals surface area contributed by atoms with E-state index in [1.54, 1.807) is 12.3 Å². The van der Waals surface area contributed by atoms with Crippen molar-refractivity contribution in [3.8, 4) is 5.75 Å². The number of hydrogen-bond donors (Lipinski definition) is 2. The van der Waals surface area contributed by atoms with Crippen LogP contribution in [0.1, 0.15) is 37.2 Å². The molecule has 3 rings (SSSR count). The van der Waals surface area contributed by atoms with E-state index < -0.39 is 0 Å². The number of benzene rings is 1. The largest absolute Gasteiger partial charge is 0.491 e. The second kappa shape index (κ2) is 6.69. The van der Waals surface area contributed by atoms with Gasteiger partial charge in [-0.1, -0.05) is 0 Å². The molecule has 1 aromatic carbocycles. The second-order valence-corrected chi connectivity index (χ2v) is 5.99. The van der Waals surface area contributed by atoms with Gasteiger partial charge in [-0.2, -0.15) is 0 Å². The molecule has 2 N–H and O–H groups in total. The van der Waals surface area contributed by atoms with E-state index in [4.69, 9.17) is 4.74 Å². The fourth-order valence-electron chi connectivity index (χ4n) is 2.18. The van der Waals surface area contributed by atoms with Crippen molar-refractivity contribution < 1.29 is 9.53 Å². The molecule has 0 bridgehead atoms. The first-order chi connectivity index (χ1) is 11.1. The standard InChI is InChI=1S/C18H21N3O2/c1-12(2)23-16-7-5-13(6-8-16)20-15-9-10-19-17(11-15)18(22)21-14-3-4-14/h5-12,14H,3-4H2,1-2H3,(H,19,20)(H,21,22). The highest BCUT2D eigenvalue weighted by molar-refractivity contribution is 5.93. The highest BCUT2D eigenvalue weighted by atomic mass is 16.5. The molecule has 1 amide bonds. The molecular weight excluding hydrogens is 290 g/mol. The van der Waals surface area contributed by atoms with Crippen LogP contribution >= 0.6 is 0 Å². The number of carbonyl (C=O) groups is 1. The van der Waals surface area contributed by atoms with Crippen LogP contribution < -0.4 is 15.4 Å². The van der Waals surface area contributed by atoms with Crippen molar-refractivity contribution in [2.24, 2.45) is 0 Å². The number of carbonyl (C=O) groups excluding carboxylic acids is 1. The molecule has 0 aliphatic heterocycles. The molecule has 0 saturated heterocycles. The van der Waals surface area contributed by atoms with Gasteiger partial charge in [-0.15, -0.1) is 0 Å². The van der Waals surface area contributed by atoms with Crippen LogP contribution in [0.3, 0.4) is 0 Å². The van der Waals surface area contributed by atoms with Crippen molar-refractivity contribution in [3.05, 3.63) is 48.3 Å². The second-order valence-electron chi connectivity index (χ2n) is 5.99. The molecule has 120 valence electrons. The summed E-state index contributed by atoms with van der Waals surface area (Å²) in [6.07, 6.45) is 3.92. The van der Waals surface area contributed by atoms with Crippen molar-refractivity contribution in [2.75, 3.05) is 5.32 Å². The van der Waals surface area contributed by atoms with Gasteiger partial charge in [0.15, 0.2) is 0 Å². The maximum atomic E-state index is 12.0. The number of hydrogen-bond acceptors (Lipinski definition) is 4. The third-order valence-corrected chi connectivity index (χ3v) is 3.42. The van der Waals surface area contributed by atoms with Gasteiger partial charge in [0.1, 0.15) is 11.4 Å². The lowest BCUT2D eigenvalue weighted by atomic mass is 10.2. The smallest absolute Gasteiger partial charge is 0.270 e. The van der Waals surface area contributed by atoms with E-state index in [1.807, 2.05) is 44.2 Å². The quantitative estimate of drug-likeness (QED) is 0.857. The summed E-state index contributed by atoms with van der Waals surface area (Å²) in [5.41, 5.74) is 2.20. The summed E-state index contributed by atoms with van der Waals surface area (Å²) in [5, 5.41) is 6.21. The van der Waals surface area contributed by atoms with Crippen LogP contribution in [0.15, 0.2) is 42.6 Å². The number of rotatable bonds is 6. The predicted octanol–water partition coefficient (Wildman–Crippen LogP) is 3.50. The van der Waals surface area contributed by atoms with Gasteiger partial charge in [0.25, 0.3) is 5.91 Å². The number of amides is 1. The Labute approximate surface area is 136 Å². The minimum absolute atomic E-state index is 0.114. The van der Waals surface area contributed by atoms with Gasteiger partial charge in [0.2, 0.25) is 0 Å². The predicted molar refractivity (Wildman–Crippen MR) is 90.2 cm³/mol. The molecule has 0 unspecified atom stereocenters. The molecule has 23 heavy (non-hydrogen) atoms. The number of anilines is 2. The van der Waals surface area contributed by atoms with Crippen LogP contribution in [0, 0.1) is 0 Å². The zero-order valence-corrected chi connectivity index (χ0v) is 13.4. The molecule has 5 heteroatoms. The Kier molecular flexibility index (Phi) is 4.46. The molecule has 0 spiro atoms. The highest BCUT2D eigenvalue weighted by Gasteiger charge is 2.24. The normalized spacial score (nSPS) is 13.7. The molecule has 1 aromatic heterocycles. The van der Waals surface area contributed by atoms with Gasteiger partial charge in [-0.05, 0) is 63.1 Å². The molecule has 1 aliphatic rings. The van der Waals surface area contributed by atoms with Crippen molar-refractivity contribution in [1.82, 2.24) is 10.3 Å². The van der Waals surface area contributed by atoms with Gasteiger partial charge < -0.3 is 15.4 Å². The van der Waals surface area contributed by atoms with Crippen LogP contribution in [-0.4, -0.2) is 23.0 Å². The number of aromatic nitrogens is 1. The third kappa shape index (κ3) is 4.45.